The summed E-state index contributed by atoms with van der Waals surface area (Å²) in [6.07, 6.45) is 8.46. The fourth-order valence-corrected chi connectivity index (χ4v) is 5.71. The molecule has 1 aliphatic rings. The van der Waals surface area contributed by atoms with Crippen molar-refractivity contribution in [3.05, 3.63) is 58.7 Å². The van der Waals surface area contributed by atoms with E-state index in [0.717, 1.165) is 46.3 Å². The highest BCUT2D eigenvalue weighted by atomic mass is 32.2. The first-order chi connectivity index (χ1) is 17.0. The Balaban J connectivity index is 2.78. The lowest BCUT2D eigenvalue weighted by Gasteiger charge is -2.27. The van der Waals surface area contributed by atoms with Crippen LogP contribution in [-0.2, 0) is 28.9 Å². The zero-order valence-corrected chi connectivity index (χ0v) is 22.7. The van der Waals surface area contributed by atoms with Crippen LogP contribution in [0.4, 0.5) is 0 Å². The normalized spacial score (nSPS) is 14.2. The maximum Gasteiger partial charge on any atom is 0.324 e. The number of ether oxygens (including phenoxy) is 2. The van der Waals surface area contributed by atoms with Gasteiger partial charge in [0.15, 0.2) is 5.41 Å². The molecule has 0 unspecified atom stereocenters. The smallest absolute Gasteiger partial charge is 0.324 e. The van der Waals surface area contributed by atoms with Gasteiger partial charge in [0.25, 0.3) is 0 Å². The second-order valence-electron chi connectivity index (χ2n) is 9.42. The van der Waals surface area contributed by atoms with Crippen molar-refractivity contribution in [1.29, 1.82) is 0 Å². The van der Waals surface area contributed by atoms with E-state index in [1.54, 1.807) is 31.2 Å². The monoisotopic (exact) mass is 512 g/mol. The summed E-state index contributed by atoms with van der Waals surface area (Å²) in [7, 11) is -1.82. The molecule has 0 aliphatic heterocycles. The molecule has 2 rings (SSSR count). The molecule has 0 saturated heterocycles. The summed E-state index contributed by atoms with van der Waals surface area (Å²) in [4.78, 5) is 25.8. The van der Waals surface area contributed by atoms with Crippen molar-refractivity contribution in [3.8, 4) is 11.8 Å². The Labute approximate surface area is 215 Å². The lowest BCUT2D eigenvalue weighted by Crippen LogP contribution is -2.42. The molecule has 7 heteroatoms. The second kappa shape index (κ2) is 12.8. The minimum absolute atomic E-state index is 0.0394. The first-order valence-corrected chi connectivity index (χ1v) is 13.6. The molecule has 194 valence electrons. The molecule has 0 spiro atoms. The topological polar surface area (TPSA) is 86.7 Å². The van der Waals surface area contributed by atoms with E-state index in [-0.39, 0.29) is 16.2 Å². The van der Waals surface area contributed by atoms with Crippen molar-refractivity contribution in [2.24, 2.45) is 10.8 Å². The maximum absolute atomic E-state index is 13.8. The van der Waals surface area contributed by atoms with Crippen LogP contribution < -0.4 is 0 Å². The van der Waals surface area contributed by atoms with Gasteiger partial charge in [0.1, 0.15) is 0 Å². The second-order valence-corrected chi connectivity index (χ2v) is 11.4. The largest absolute Gasteiger partial charge is 0.468 e. The van der Waals surface area contributed by atoms with Crippen LogP contribution in [0.15, 0.2) is 63.6 Å². The third-order valence-corrected chi connectivity index (χ3v) is 8.33. The highest BCUT2D eigenvalue weighted by molar-refractivity contribution is 7.95. The lowest BCUT2D eigenvalue weighted by atomic mass is 9.80. The standard InChI is InChI=1S/C29H36O6S/c1-6-7-20-29(26(30)34-4,27(31)35-5)22-25(36(32,33)24-17-13-10-14-18-24)19-21-28(2,3)23-15-11-8-9-12-16-23/h10,13-15,17-18,21H,8-9,11-12,16,20,22H2,1-5H3. The van der Waals surface area contributed by atoms with E-state index < -0.39 is 39.0 Å². The summed E-state index contributed by atoms with van der Waals surface area (Å²) in [5, 5.41) is 0. The van der Waals surface area contributed by atoms with Gasteiger partial charge >= 0.3 is 11.9 Å². The number of methoxy groups -OCH3 is 2. The predicted octanol–water partition coefficient (Wildman–Crippen LogP) is 5.55. The Morgan fingerprint density at radius 1 is 1.03 bits per heavy atom. The first-order valence-electron chi connectivity index (χ1n) is 12.1. The first kappa shape index (κ1) is 29.2. The van der Waals surface area contributed by atoms with Gasteiger partial charge < -0.3 is 9.47 Å². The van der Waals surface area contributed by atoms with Crippen LogP contribution in [0, 0.1) is 22.7 Å². The van der Waals surface area contributed by atoms with Crippen LogP contribution in [0.2, 0.25) is 0 Å². The molecule has 1 aromatic rings. The van der Waals surface area contributed by atoms with E-state index in [1.165, 1.54) is 17.7 Å². The number of sulfone groups is 1. The summed E-state index contributed by atoms with van der Waals surface area (Å²) in [5.41, 5.74) is 1.79. The zero-order valence-electron chi connectivity index (χ0n) is 21.8. The highest BCUT2D eigenvalue weighted by Gasteiger charge is 2.50. The molecule has 1 aromatic carbocycles. The average molecular weight is 513 g/mol. The number of esters is 2. The summed E-state index contributed by atoms with van der Waals surface area (Å²) >= 11 is 0. The zero-order chi connectivity index (χ0) is 26.8. The molecule has 0 saturated carbocycles. The van der Waals surface area contributed by atoms with Gasteiger partial charge in [0, 0.05) is 18.3 Å². The van der Waals surface area contributed by atoms with Crippen LogP contribution in [0.1, 0.15) is 65.7 Å². The van der Waals surface area contributed by atoms with Crippen molar-refractivity contribution in [2.45, 2.75) is 70.6 Å². The van der Waals surface area contributed by atoms with Crippen LogP contribution in [0.5, 0.6) is 0 Å². The van der Waals surface area contributed by atoms with Crippen molar-refractivity contribution >= 4 is 21.8 Å². The Hall–Kier alpha value is -3.07. The van der Waals surface area contributed by atoms with Crippen LogP contribution in [0.3, 0.4) is 0 Å². The molecule has 0 heterocycles. The van der Waals surface area contributed by atoms with Crippen LogP contribution >= 0.6 is 0 Å². The Morgan fingerprint density at radius 3 is 2.25 bits per heavy atom. The summed E-state index contributed by atoms with van der Waals surface area (Å²) in [6, 6.07) is 7.89. The maximum atomic E-state index is 13.8. The molecule has 1 aliphatic carbocycles. The van der Waals surface area contributed by atoms with Gasteiger partial charge in [-0.25, -0.2) is 8.42 Å². The number of carbonyl (C=O) groups excluding carboxylic acids is 2. The molecule has 0 N–H and O–H groups in total. The van der Waals surface area contributed by atoms with Gasteiger partial charge in [-0.05, 0) is 50.8 Å². The summed E-state index contributed by atoms with van der Waals surface area (Å²) in [5.74, 6) is 3.59. The Kier molecular flexibility index (Phi) is 10.3. The van der Waals surface area contributed by atoms with Gasteiger partial charge in [-0.2, -0.15) is 0 Å². The van der Waals surface area contributed by atoms with Gasteiger partial charge in [-0.15, -0.1) is 17.6 Å². The Morgan fingerprint density at radius 2 is 1.67 bits per heavy atom. The van der Waals surface area contributed by atoms with Gasteiger partial charge in [-0.3, -0.25) is 9.59 Å². The number of hydrogen-bond acceptors (Lipinski definition) is 6. The van der Waals surface area contributed by atoms with Gasteiger partial charge in [0.05, 0.1) is 24.0 Å². The van der Waals surface area contributed by atoms with Crippen LogP contribution in [0.25, 0.3) is 0 Å². The van der Waals surface area contributed by atoms with E-state index >= 15 is 0 Å². The number of allylic oxidation sites excluding steroid dienone is 3. The molecule has 0 fully saturated rings. The molecular formula is C29H36O6S. The molecule has 0 aromatic heterocycles. The van der Waals surface area contributed by atoms with E-state index in [9.17, 15) is 18.0 Å². The van der Waals surface area contributed by atoms with E-state index in [0.29, 0.717) is 0 Å². The van der Waals surface area contributed by atoms with E-state index in [2.05, 4.69) is 23.6 Å². The predicted molar refractivity (Wildman–Crippen MR) is 139 cm³/mol. The van der Waals surface area contributed by atoms with E-state index in [4.69, 9.17) is 9.47 Å². The van der Waals surface area contributed by atoms with Gasteiger partial charge in [0.2, 0.25) is 9.84 Å². The number of rotatable bonds is 9. The number of carbonyl (C=O) groups is 2. The van der Waals surface area contributed by atoms with E-state index in [1.807, 2.05) is 13.8 Å². The molecular weight excluding hydrogens is 476 g/mol. The third-order valence-electron chi connectivity index (χ3n) is 6.52. The fraction of sp³-hybridized carbons (Fsp3) is 0.483. The summed E-state index contributed by atoms with van der Waals surface area (Å²) in [6.45, 7) is 5.60. The minimum Gasteiger partial charge on any atom is -0.468 e. The molecule has 6 nitrogen and oxygen atoms in total. The number of benzene rings is 1. The number of hydrogen-bond donors (Lipinski definition) is 0. The van der Waals surface area contributed by atoms with Crippen LogP contribution in [-0.4, -0.2) is 34.6 Å². The fourth-order valence-electron chi connectivity index (χ4n) is 4.26. The summed E-state index contributed by atoms with van der Waals surface area (Å²) < 4.78 is 37.5. The average Bonchev–Trinajstić information content (AvgIpc) is 3.18. The molecule has 0 atom stereocenters. The minimum atomic E-state index is -4.11. The molecule has 0 bridgehead atoms. The third kappa shape index (κ3) is 6.78. The van der Waals surface area contributed by atoms with Crippen molar-refractivity contribution in [2.75, 3.05) is 14.2 Å². The van der Waals surface area contributed by atoms with Gasteiger partial charge in [-0.1, -0.05) is 50.1 Å². The highest BCUT2D eigenvalue weighted by Crippen LogP contribution is 2.38. The quantitative estimate of drug-likeness (QED) is 0.142. The van der Waals surface area contributed by atoms with Crippen molar-refractivity contribution in [3.63, 3.8) is 0 Å². The SMILES string of the molecule is CC#CCC(CC(=C=CC(C)(C)C1=CCCCCC1)S(=O)(=O)c1ccccc1)(C(=O)OC)C(=O)OC. The lowest BCUT2D eigenvalue weighted by molar-refractivity contribution is -0.168. The molecule has 0 amide bonds. The van der Waals surface area contributed by atoms with Crippen molar-refractivity contribution < 1.29 is 27.5 Å². The molecule has 36 heavy (non-hydrogen) atoms. The van der Waals surface area contributed by atoms with Crippen molar-refractivity contribution in [1.82, 2.24) is 0 Å². The molecule has 0 radical (unpaired) electrons. The Bertz CT molecular complexity index is 1190.